The Morgan fingerprint density at radius 3 is 2.52 bits per heavy atom. The van der Waals surface area contributed by atoms with E-state index >= 15 is 0 Å². The van der Waals surface area contributed by atoms with E-state index in [4.69, 9.17) is 16.3 Å². The first-order valence-corrected chi connectivity index (χ1v) is 7.36. The van der Waals surface area contributed by atoms with E-state index in [1.165, 1.54) is 0 Å². The molecule has 0 heterocycles. The SMILES string of the molecule is CCOc1ccc(C(Cc2cccc(Cl)c2F)NC)cc1. The number of benzene rings is 2. The fourth-order valence-corrected chi connectivity index (χ4v) is 2.47. The molecule has 1 N–H and O–H groups in total. The van der Waals surface area contributed by atoms with Gasteiger partial charge in [-0.15, -0.1) is 0 Å². The molecule has 0 aliphatic rings. The maximum atomic E-state index is 14.0. The van der Waals surface area contributed by atoms with Crippen LogP contribution in [0.15, 0.2) is 42.5 Å². The average molecular weight is 308 g/mol. The highest BCUT2D eigenvalue weighted by Gasteiger charge is 2.14. The summed E-state index contributed by atoms with van der Waals surface area (Å²) in [6, 6.07) is 13.0. The van der Waals surface area contributed by atoms with Gasteiger partial charge in [0.05, 0.1) is 11.6 Å². The molecule has 0 fully saturated rings. The molecular weight excluding hydrogens is 289 g/mol. The highest BCUT2D eigenvalue weighted by atomic mass is 35.5. The number of ether oxygens (including phenoxy) is 1. The molecule has 4 heteroatoms. The molecule has 0 saturated carbocycles. The Labute approximate surface area is 129 Å². The van der Waals surface area contributed by atoms with Crippen molar-refractivity contribution in [1.82, 2.24) is 5.32 Å². The maximum Gasteiger partial charge on any atom is 0.145 e. The Morgan fingerprint density at radius 2 is 1.90 bits per heavy atom. The normalized spacial score (nSPS) is 12.2. The summed E-state index contributed by atoms with van der Waals surface area (Å²) in [5, 5.41) is 3.38. The van der Waals surface area contributed by atoms with Crippen molar-refractivity contribution in [2.75, 3.05) is 13.7 Å². The summed E-state index contributed by atoms with van der Waals surface area (Å²) in [6.07, 6.45) is 0.539. The summed E-state index contributed by atoms with van der Waals surface area (Å²) in [7, 11) is 1.86. The Kier molecular flexibility index (Phi) is 5.59. The Bertz CT molecular complexity index is 586. The van der Waals surface area contributed by atoms with E-state index in [1.807, 2.05) is 38.2 Å². The quantitative estimate of drug-likeness (QED) is 0.855. The van der Waals surface area contributed by atoms with Gasteiger partial charge in [0.2, 0.25) is 0 Å². The molecule has 2 nitrogen and oxygen atoms in total. The van der Waals surface area contributed by atoms with Gasteiger partial charge in [0.1, 0.15) is 11.6 Å². The van der Waals surface area contributed by atoms with Crippen LogP contribution in [0.2, 0.25) is 5.02 Å². The van der Waals surface area contributed by atoms with Crippen LogP contribution >= 0.6 is 11.6 Å². The summed E-state index contributed by atoms with van der Waals surface area (Å²) in [6.45, 7) is 2.59. The summed E-state index contributed by atoms with van der Waals surface area (Å²) >= 11 is 5.83. The van der Waals surface area contributed by atoms with E-state index in [9.17, 15) is 4.39 Å². The lowest BCUT2D eigenvalue weighted by molar-refractivity contribution is 0.340. The lowest BCUT2D eigenvalue weighted by atomic mass is 9.98. The van der Waals surface area contributed by atoms with Gasteiger partial charge in [-0.25, -0.2) is 4.39 Å². The zero-order chi connectivity index (χ0) is 15.2. The third-order valence-corrected chi connectivity index (χ3v) is 3.69. The number of rotatable bonds is 6. The Hall–Kier alpha value is -1.58. The van der Waals surface area contributed by atoms with Crippen LogP contribution in [0.5, 0.6) is 5.75 Å². The second-order valence-electron chi connectivity index (χ2n) is 4.76. The fourth-order valence-electron chi connectivity index (χ4n) is 2.28. The minimum Gasteiger partial charge on any atom is -0.494 e. The molecule has 0 saturated heterocycles. The van der Waals surface area contributed by atoms with Crippen molar-refractivity contribution in [3.05, 3.63) is 64.4 Å². The largest absolute Gasteiger partial charge is 0.494 e. The molecule has 1 unspecified atom stereocenters. The Balaban J connectivity index is 2.17. The van der Waals surface area contributed by atoms with E-state index in [0.717, 1.165) is 11.3 Å². The number of hydrogen-bond donors (Lipinski definition) is 1. The summed E-state index contributed by atoms with van der Waals surface area (Å²) in [5.74, 6) is 0.496. The van der Waals surface area contributed by atoms with Crippen LogP contribution in [-0.2, 0) is 6.42 Å². The van der Waals surface area contributed by atoms with Gasteiger partial charge in [0.15, 0.2) is 0 Å². The summed E-state index contributed by atoms with van der Waals surface area (Å²) in [4.78, 5) is 0. The topological polar surface area (TPSA) is 21.3 Å². The van der Waals surface area contributed by atoms with Crippen molar-refractivity contribution in [3.63, 3.8) is 0 Å². The molecule has 2 rings (SSSR count). The van der Waals surface area contributed by atoms with E-state index in [1.54, 1.807) is 18.2 Å². The van der Waals surface area contributed by atoms with E-state index in [-0.39, 0.29) is 16.9 Å². The molecule has 0 aliphatic carbocycles. The van der Waals surface area contributed by atoms with E-state index in [2.05, 4.69) is 5.32 Å². The highest BCUT2D eigenvalue weighted by Crippen LogP contribution is 2.25. The third-order valence-electron chi connectivity index (χ3n) is 3.40. The van der Waals surface area contributed by atoms with Gasteiger partial charge in [0, 0.05) is 6.04 Å². The van der Waals surface area contributed by atoms with E-state index in [0.29, 0.717) is 18.6 Å². The zero-order valence-corrected chi connectivity index (χ0v) is 13.0. The van der Waals surface area contributed by atoms with Crippen LogP contribution < -0.4 is 10.1 Å². The standard InChI is InChI=1S/C17H19ClFNO/c1-3-21-14-9-7-12(8-10-14)16(20-2)11-13-5-4-6-15(18)17(13)19/h4-10,16,20H,3,11H2,1-2H3. The van der Waals surface area contributed by atoms with Crippen LogP contribution in [0.3, 0.4) is 0 Å². The number of hydrogen-bond acceptors (Lipinski definition) is 2. The first-order chi connectivity index (χ1) is 10.2. The summed E-state index contributed by atoms with van der Waals surface area (Å²) < 4.78 is 19.4. The van der Waals surface area contributed by atoms with Gasteiger partial charge in [-0.3, -0.25) is 0 Å². The molecule has 21 heavy (non-hydrogen) atoms. The predicted molar refractivity (Wildman–Crippen MR) is 84.5 cm³/mol. The van der Waals surface area contributed by atoms with Crippen LogP contribution in [0.1, 0.15) is 24.1 Å². The zero-order valence-electron chi connectivity index (χ0n) is 12.2. The minimum absolute atomic E-state index is 0.0219. The van der Waals surface area contributed by atoms with Crippen molar-refractivity contribution in [2.45, 2.75) is 19.4 Å². The first kappa shape index (κ1) is 15.8. The van der Waals surface area contributed by atoms with Gasteiger partial charge in [-0.1, -0.05) is 35.9 Å². The van der Waals surface area contributed by atoms with Crippen molar-refractivity contribution in [3.8, 4) is 5.75 Å². The van der Waals surface area contributed by atoms with Crippen molar-refractivity contribution < 1.29 is 9.13 Å². The lowest BCUT2D eigenvalue weighted by Crippen LogP contribution is -2.19. The molecule has 0 amide bonds. The number of halogens is 2. The van der Waals surface area contributed by atoms with Gasteiger partial charge in [0.25, 0.3) is 0 Å². The van der Waals surface area contributed by atoms with Gasteiger partial charge < -0.3 is 10.1 Å². The number of nitrogens with one attached hydrogen (secondary N) is 1. The fraction of sp³-hybridized carbons (Fsp3) is 0.294. The van der Waals surface area contributed by atoms with Crippen molar-refractivity contribution >= 4 is 11.6 Å². The molecule has 0 aliphatic heterocycles. The van der Waals surface area contributed by atoms with Crippen LogP contribution in [0.25, 0.3) is 0 Å². The molecule has 0 spiro atoms. The molecule has 0 aromatic heterocycles. The lowest BCUT2D eigenvalue weighted by Gasteiger charge is -2.18. The molecule has 0 radical (unpaired) electrons. The molecular formula is C17H19ClFNO. The van der Waals surface area contributed by atoms with E-state index < -0.39 is 0 Å². The Morgan fingerprint density at radius 1 is 1.19 bits per heavy atom. The third kappa shape index (κ3) is 3.96. The minimum atomic E-state index is -0.342. The molecule has 2 aromatic carbocycles. The second-order valence-corrected chi connectivity index (χ2v) is 5.17. The maximum absolute atomic E-state index is 14.0. The van der Waals surface area contributed by atoms with Crippen LogP contribution in [0, 0.1) is 5.82 Å². The molecule has 1 atom stereocenters. The second kappa shape index (κ2) is 7.43. The number of likely N-dealkylation sites (N-methyl/N-ethyl adjacent to an activating group) is 1. The monoisotopic (exact) mass is 307 g/mol. The van der Waals surface area contributed by atoms with Crippen LogP contribution in [0.4, 0.5) is 4.39 Å². The van der Waals surface area contributed by atoms with Gasteiger partial charge >= 0.3 is 0 Å². The van der Waals surface area contributed by atoms with Gasteiger partial charge in [-0.05, 0) is 49.7 Å². The van der Waals surface area contributed by atoms with Crippen molar-refractivity contribution in [2.24, 2.45) is 0 Å². The molecule has 2 aromatic rings. The van der Waals surface area contributed by atoms with Gasteiger partial charge in [-0.2, -0.15) is 0 Å². The smallest absolute Gasteiger partial charge is 0.145 e. The molecule has 112 valence electrons. The predicted octanol–water partition coefficient (Wildman–Crippen LogP) is 4.38. The summed E-state index contributed by atoms with van der Waals surface area (Å²) in [5.41, 5.74) is 1.69. The first-order valence-electron chi connectivity index (χ1n) is 6.98. The van der Waals surface area contributed by atoms with Crippen molar-refractivity contribution in [1.29, 1.82) is 0 Å². The van der Waals surface area contributed by atoms with Crippen LogP contribution in [-0.4, -0.2) is 13.7 Å². The average Bonchev–Trinajstić information content (AvgIpc) is 2.50. The highest BCUT2D eigenvalue weighted by molar-refractivity contribution is 6.30. The molecule has 0 bridgehead atoms.